The van der Waals surface area contributed by atoms with E-state index in [-0.39, 0.29) is 34.2 Å². The van der Waals surface area contributed by atoms with Crippen molar-refractivity contribution < 1.29 is 14.1 Å². The van der Waals surface area contributed by atoms with Crippen LogP contribution in [0.15, 0.2) is 69.0 Å². The Bertz CT molecular complexity index is 1540. The van der Waals surface area contributed by atoms with E-state index in [2.05, 4.69) is 26.0 Å². The topological polar surface area (TPSA) is 99.6 Å². The molecule has 0 fully saturated rings. The number of halogens is 3. The fourth-order valence-electron chi connectivity index (χ4n) is 3.54. The minimum absolute atomic E-state index is 0.0593. The Kier molecular flexibility index (Phi) is 7.76. The lowest BCUT2D eigenvalue weighted by Gasteiger charge is -2.11. The smallest absolute Gasteiger partial charge is 0.313 e. The molecule has 1 heterocycles. The van der Waals surface area contributed by atoms with Crippen LogP contribution < -0.4 is 10.3 Å². The molecule has 184 valence electrons. The average Bonchev–Trinajstić information content (AvgIpc) is 2.84. The molecule has 0 aliphatic carbocycles. The van der Waals surface area contributed by atoms with Gasteiger partial charge < -0.3 is 4.74 Å². The molecule has 1 aromatic heterocycles. The fraction of sp³-hybridized carbons (Fsp3) is 0.160. The molecule has 0 aliphatic heterocycles. The molecule has 0 atom stereocenters. The van der Waals surface area contributed by atoms with Gasteiger partial charge in [-0.15, -0.1) is 0 Å². The summed E-state index contributed by atoms with van der Waals surface area (Å²) in [5.41, 5.74) is 0.591. The number of nitrogens with zero attached hydrogens (tertiary/aromatic N) is 4. The van der Waals surface area contributed by atoms with Crippen LogP contribution in [0.2, 0.25) is 5.02 Å². The van der Waals surface area contributed by atoms with Gasteiger partial charge >= 0.3 is 5.69 Å². The Balaban J connectivity index is 1.80. The number of fused-ring (bicyclic) bond motifs is 1. The first-order chi connectivity index (χ1) is 17.3. The van der Waals surface area contributed by atoms with E-state index in [1.807, 2.05) is 6.92 Å². The normalized spacial score (nSPS) is 11.3. The highest BCUT2D eigenvalue weighted by Crippen LogP contribution is 2.34. The first-order valence-electron chi connectivity index (χ1n) is 10.9. The van der Waals surface area contributed by atoms with E-state index in [9.17, 15) is 19.3 Å². The number of ether oxygens (including phenoxy) is 1. The largest absolute Gasteiger partial charge is 0.481 e. The number of aromatic nitrogens is 2. The van der Waals surface area contributed by atoms with E-state index in [1.165, 1.54) is 47.3 Å². The third-order valence-corrected chi connectivity index (χ3v) is 5.93. The van der Waals surface area contributed by atoms with Gasteiger partial charge in [-0.25, -0.2) is 9.37 Å². The maximum Gasteiger partial charge on any atom is 0.313 e. The molecular weight excluding hydrogens is 555 g/mol. The van der Waals surface area contributed by atoms with Gasteiger partial charge in [0.2, 0.25) is 5.75 Å². The van der Waals surface area contributed by atoms with Gasteiger partial charge in [-0.1, -0.05) is 46.6 Å². The minimum atomic E-state index is -0.618. The van der Waals surface area contributed by atoms with Crippen molar-refractivity contribution in [3.05, 3.63) is 107 Å². The van der Waals surface area contributed by atoms with Crippen LogP contribution in [0.4, 0.5) is 10.1 Å². The standard InChI is InChI=1S/C25H19BrClFN4O4/c1-2-3-23-30-21-9-6-17(26)11-20(21)25(33)31(23)29-13-16-10-18(27)12-22(32(34)35)24(16)36-14-15-4-7-19(28)8-5-15/h4-13H,2-3,14H2,1H3. The SMILES string of the molecule is CCCc1nc2ccc(Br)cc2c(=O)n1N=Cc1cc(Cl)cc([N+](=O)[O-])c1OCc1ccc(F)cc1. The van der Waals surface area contributed by atoms with Crippen molar-refractivity contribution >= 4 is 50.3 Å². The number of benzene rings is 3. The molecule has 0 aliphatic rings. The second kappa shape index (κ2) is 11.0. The first-order valence-corrected chi connectivity index (χ1v) is 12.0. The van der Waals surface area contributed by atoms with Crippen LogP contribution in [0.3, 0.4) is 0 Å². The second-order valence-electron chi connectivity index (χ2n) is 7.82. The average molecular weight is 574 g/mol. The molecule has 0 saturated carbocycles. The fourth-order valence-corrected chi connectivity index (χ4v) is 4.13. The van der Waals surface area contributed by atoms with Gasteiger partial charge in [-0.05, 0) is 48.4 Å². The quantitative estimate of drug-likeness (QED) is 0.140. The zero-order chi connectivity index (χ0) is 25.8. The lowest BCUT2D eigenvalue weighted by molar-refractivity contribution is -0.385. The van der Waals surface area contributed by atoms with Crippen LogP contribution in [0.5, 0.6) is 5.75 Å². The summed E-state index contributed by atoms with van der Waals surface area (Å²) in [6.45, 7) is 1.89. The van der Waals surface area contributed by atoms with Crippen molar-refractivity contribution in [1.82, 2.24) is 9.66 Å². The van der Waals surface area contributed by atoms with E-state index in [0.717, 1.165) is 10.9 Å². The van der Waals surface area contributed by atoms with E-state index in [0.29, 0.717) is 28.7 Å². The zero-order valence-corrected chi connectivity index (χ0v) is 21.3. The first kappa shape index (κ1) is 25.5. The molecule has 0 radical (unpaired) electrons. The number of aryl methyl sites for hydroxylation is 1. The summed E-state index contributed by atoms with van der Waals surface area (Å²) >= 11 is 9.51. The van der Waals surface area contributed by atoms with Gasteiger partial charge in [0.25, 0.3) is 5.56 Å². The molecule has 0 N–H and O–H groups in total. The van der Waals surface area contributed by atoms with E-state index in [4.69, 9.17) is 16.3 Å². The third kappa shape index (κ3) is 5.60. The second-order valence-corrected chi connectivity index (χ2v) is 9.17. The molecule has 4 rings (SSSR count). The van der Waals surface area contributed by atoms with Crippen LogP contribution in [-0.4, -0.2) is 20.8 Å². The third-order valence-electron chi connectivity index (χ3n) is 5.22. The Labute approximate surface area is 218 Å². The lowest BCUT2D eigenvalue weighted by atomic mass is 10.1. The highest BCUT2D eigenvalue weighted by Gasteiger charge is 2.21. The van der Waals surface area contributed by atoms with Crippen molar-refractivity contribution in [2.24, 2.45) is 5.10 Å². The molecule has 0 amide bonds. The minimum Gasteiger partial charge on any atom is -0.481 e. The van der Waals surface area contributed by atoms with E-state index < -0.39 is 10.7 Å². The van der Waals surface area contributed by atoms with Crippen LogP contribution in [0.1, 0.15) is 30.3 Å². The summed E-state index contributed by atoms with van der Waals surface area (Å²) in [4.78, 5) is 28.9. The maximum atomic E-state index is 13.3. The molecule has 0 unspecified atom stereocenters. The molecule has 36 heavy (non-hydrogen) atoms. The molecule has 8 nitrogen and oxygen atoms in total. The van der Waals surface area contributed by atoms with Crippen molar-refractivity contribution in [3.8, 4) is 5.75 Å². The maximum absolute atomic E-state index is 13.3. The van der Waals surface area contributed by atoms with E-state index >= 15 is 0 Å². The molecule has 11 heteroatoms. The lowest BCUT2D eigenvalue weighted by Crippen LogP contribution is -2.22. The summed E-state index contributed by atoms with van der Waals surface area (Å²) in [6.07, 6.45) is 2.49. The summed E-state index contributed by atoms with van der Waals surface area (Å²) in [5, 5.41) is 16.5. The zero-order valence-electron chi connectivity index (χ0n) is 19.0. The summed E-state index contributed by atoms with van der Waals surface area (Å²) in [6, 6.07) is 13.4. The van der Waals surface area contributed by atoms with Gasteiger partial charge in [0, 0.05) is 27.5 Å². The Hall–Kier alpha value is -3.63. The van der Waals surface area contributed by atoms with Crippen LogP contribution in [0, 0.1) is 15.9 Å². The molecular formula is C25H19BrClFN4O4. The van der Waals surface area contributed by atoms with E-state index in [1.54, 1.807) is 18.2 Å². The number of rotatable bonds is 8. The predicted octanol–water partition coefficient (Wildman–Crippen LogP) is 6.27. The predicted molar refractivity (Wildman–Crippen MR) is 140 cm³/mol. The van der Waals surface area contributed by atoms with Gasteiger partial charge in [-0.2, -0.15) is 9.78 Å². The summed E-state index contributed by atoms with van der Waals surface area (Å²) < 4.78 is 20.9. The van der Waals surface area contributed by atoms with Crippen LogP contribution in [0.25, 0.3) is 10.9 Å². The van der Waals surface area contributed by atoms with Gasteiger partial charge in [0.05, 0.1) is 22.0 Å². The van der Waals surface area contributed by atoms with Crippen LogP contribution in [-0.2, 0) is 13.0 Å². The van der Waals surface area contributed by atoms with Gasteiger partial charge in [0.15, 0.2) is 0 Å². The monoisotopic (exact) mass is 572 g/mol. The molecule has 0 bridgehead atoms. The Morgan fingerprint density at radius 3 is 2.67 bits per heavy atom. The molecule has 0 spiro atoms. The van der Waals surface area contributed by atoms with Crippen molar-refractivity contribution in [3.63, 3.8) is 0 Å². The Morgan fingerprint density at radius 2 is 1.97 bits per heavy atom. The molecule has 0 saturated heterocycles. The highest BCUT2D eigenvalue weighted by atomic mass is 79.9. The summed E-state index contributed by atoms with van der Waals surface area (Å²) in [5.74, 6) is -0.0497. The highest BCUT2D eigenvalue weighted by molar-refractivity contribution is 9.10. The number of hydrogen-bond donors (Lipinski definition) is 0. The van der Waals surface area contributed by atoms with Gasteiger partial charge in [0.1, 0.15) is 18.2 Å². The number of hydrogen-bond acceptors (Lipinski definition) is 6. The number of nitro groups is 1. The molecule has 4 aromatic rings. The van der Waals surface area contributed by atoms with Crippen molar-refractivity contribution in [1.29, 1.82) is 0 Å². The number of nitro benzene ring substituents is 1. The van der Waals surface area contributed by atoms with Crippen molar-refractivity contribution in [2.45, 2.75) is 26.4 Å². The van der Waals surface area contributed by atoms with Gasteiger partial charge in [-0.3, -0.25) is 14.9 Å². The molecule has 3 aromatic carbocycles. The Morgan fingerprint density at radius 1 is 1.22 bits per heavy atom. The van der Waals surface area contributed by atoms with Crippen LogP contribution >= 0.6 is 27.5 Å². The van der Waals surface area contributed by atoms with Crippen molar-refractivity contribution in [2.75, 3.05) is 0 Å². The summed E-state index contributed by atoms with van der Waals surface area (Å²) in [7, 11) is 0.